The highest BCUT2D eigenvalue weighted by molar-refractivity contribution is 7.11. The molecule has 20 heavy (non-hydrogen) atoms. The zero-order chi connectivity index (χ0) is 13.9. The van der Waals surface area contributed by atoms with E-state index in [0.717, 1.165) is 24.3 Å². The fourth-order valence-corrected chi connectivity index (χ4v) is 5.56. The number of nitrogens with one attached hydrogen (secondary N) is 1. The van der Waals surface area contributed by atoms with Gasteiger partial charge in [-0.2, -0.15) is 0 Å². The average Bonchev–Trinajstić information content (AvgIpc) is 3.14. The summed E-state index contributed by atoms with van der Waals surface area (Å²) in [7, 11) is 0. The zero-order valence-electron chi connectivity index (χ0n) is 13.0. The molecule has 4 unspecified atom stereocenters. The van der Waals surface area contributed by atoms with Gasteiger partial charge in [-0.15, -0.1) is 11.3 Å². The number of aryl methyl sites for hydroxylation is 1. The second-order valence-electron chi connectivity index (χ2n) is 6.85. The van der Waals surface area contributed by atoms with Gasteiger partial charge in [0.25, 0.3) is 0 Å². The molecule has 1 heterocycles. The summed E-state index contributed by atoms with van der Waals surface area (Å²) in [5.41, 5.74) is 0. The lowest BCUT2D eigenvalue weighted by Crippen LogP contribution is -2.34. The van der Waals surface area contributed by atoms with Gasteiger partial charge in [0, 0.05) is 15.8 Å². The van der Waals surface area contributed by atoms with Crippen LogP contribution in [0.4, 0.5) is 0 Å². The Morgan fingerprint density at radius 3 is 2.65 bits per heavy atom. The fourth-order valence-electron chi connectivity index (χ4n) is 4.52. The third kappa shape index (κ3) is 3.28. The molecule has 0 aromatic carbocycles. The molecule has 1 nitrogen and oxygen atoms in total. The van der Waals surface area contributed by atoms with Crippen LogP contribution in [0.5, 0.6) is 0 Å². The highest BCUT2D eigenvalue weighted by Gasteiger charge is 2.39. The molecule has 1 aromatic heterocycles. The van der Waals surface area contributed by atoms with Gasteiger partial charge in [-0.3, -0.25) is 0 Å². The third-order valence-electron chi connectivity index (χ3n) is 5.48. The Morgan fingerprint density at radius 1 is 1.20 bits per heavy atom. The number of hydrogen-bond acceptors (Lipinski definition) is 2. The summed E-state index contributed by atoms with van der Waals surface area (Å²) in [5, 5.41) is 3.75. The van der Waals surface area contributed by atoms with Gasteiger partial charge < -0.3 is 5.32 Å². The molecule has 2 fully saturated rings. The van der Waals surface area contributed by atoms with E-state index in [1.54, 1.807) is 11.3 Å². The largest absolute Gasteiger partial charge is 0.314 e. The Labute approximate surface area is 128 Å². The lowest BCUT2D eigenvalue weighted by atomic mass is 9.83. The van der Waals surface area contributed by atoms with Crippen molar-refractivity contribution in [3.8, 4) is 0 Å². The first kappa shape index (κ1) is 14.6. The number of hydrogen-bond donors (Lipinski definition) is 1. The zero-order valence-corrected chi connectivity index (χ0v) is 13.8. The summed E-state index contributed by atoms with van der Waals surface area (Å²) in [6, 6.07) is 5.38. The van der Waals surface area contributed by atoms with Crippen LogP contribution >= 0.6 is 11.3 Å². The molecule has 4 atom stereocenters. The maximum absolute atomic E-state index is 3.75. The van der Waals surface area contributed by atoms with Gasteiger partial charge >= 0.3 is 0 Å². The predicted molar refractivity (Wildman–Crippen MR) is 88.4 cm³/mol. The summed E-state index contributed by atoms with van der Waals surface area (Å²) in [6.45, 7) is 5.61. The Hall–Kier alpha value is -0.340. The third-order valence-corrected chi connectivity index (χ3v) is 6.73. The first-order chi connectivity index (χ1) is 9.78. The average molecular weight is 292 g/mol. The molecular formula is C18H29NS. The molecule has 3 rings (SSSR count). The Kier molecular flexibility index (Phi) is 4.83. The molecule has 0 spiro atoms. The Morgan fingerprint density at radius 2 is 2.05 bits per heavy atom. The van der Waals surface area contributed by atoms with Gasteiger partial charge in [0.15, 0.2) is 0 Å². The number of rotatable bonds is 7. The van der Waals surface area contributed by atoms with Gasteiger partial charge in [0.1, 0.15) is 0 Å². The van der Waals surface area contributed by atoms with Crippen molar-refractivity contribution in [3.05, 3.63) is 21.9 Å². The SMILES string of the molecule is CCNC(Cc1ccc(CC)s1)CC1CC2CCC1C2. The number of likely N-dealkylation sites (N-methyl/N-ethyl adjacent to an activating group) is 1. The van der Waals surface area contributed by atoms with Gasteiger partial charge in [0.05, 0.1) is 0 Å². The molecule has 2 heteroatoms. The standard InChI is InChI=1S/C18H29NS/c1-3-17-7-8-18(20-17)12-16(19-4-2)11-15-10-13-5-6-14(15)9-13/h7-8,13-16,19H,3-6,9-12H2,1-2H3. The molecule has 112 valence electrons. The highest BCUT2D eigenvalue weighted by atomic mass is 32.1. The first-order valence-corrected chi connectivity index (χ1v) is 9.41. The summed E-state index contributed by atoms with van der Waals surface area (Å²) < 4.78 is 0. The van der Waals surface area contributed by atoms with E-state index in [2.05, 4.69) is 31.3 Å². The summed E-state index contributed by atoms with van der Waals surface area (Å²) in [5.74, 6) is 3.17. The van der Waals surface area contributed by atoms with Crippen LogP contribution in [-0.2, 0) is 12.8 Å². The van der Waals surface area contributed by atoms with Crippen LogP contribution in [0.1, 0.15) is 55.7 Å². The van der Waals surface area contributed by atoms with Crippen LogP contribution in [0.15, 0.2) is 12.1 Å². The molecular weight excluding hydrogens is 262 g/mol. The molecule has 1 N–H and O–H groups in total. The van der Waals surface area contributed by atoms with Crippen LogP contribution in [0, 0.1) is 17.8 Å². The molecule has 1 aromatic rings. The Bertz CT molecular complexity index is 425. The molecule has 0 amide bonds. The fraction of sp³-hybridized carbons (Fsp3) is 0.778. The van der Waals surface area contributed by atoms with Crippen LogP contribution in [0.25, 0.3) is 0 Å². The molecule has 0 aliphatic heterocycles. The van der Waals surface area contributed by atoms with Crippen LogP contribution in [0.3, 0.4) is 0 Å². The van der Waals surface area contributed by atoms with Crippen molar-refractivity contribution in [2.75, 3.05) is 6.54 Å². The lowest BCUT2D eigenvalue weighted by Gasteiger charge is -2.27. The maximum atomic E-state index is 3.75. The first-order valence-electron chi connectivity index (χ1n) is 8.59. The molecule has 2 aliphatic carbocycles. The summed E-state index contributed by atoms with van der Waals surface area (Å²) in [6.07, 6.45) is 9.95. The second kappa shape index (κ2) is 6.62. The molecule has 2 aliphatic rings. The van der Waals surface area contributed by atoms with E-state index in [0.29, 0.717) is 6.04 Å². The molecule has 2 bridgehead atoms. The van der Waals surface area contributed by atoms with Crippen molar-refractivity contribution in [1.29, 1.82) is 0 Å². The topological polar surface area (TPSA) is 12.0 Å². The molecule has 0 radical (unpaired) electrons. The maximum Gasteiger partial charge on any atom is 0.0118 e. The minimum atomic E-state index is 0.702. The number of fused-ring (bicyclic) bond motifs is 2. The van der Waals surface area contributed by atoms with Gasteiger partial charge in [-0.05, 0) is 75.0 Å². The van der Waals surface area contributed by atoms with E-state index in [4.69, 9.17) is 0 Å². The quantitative estimate of drug-likeness (QED) is 0.770. The minimum absolute atomic E-state index is 0.702. The van der Waals surface area contributed by atoms with E-state index < -0.39 is 0 Å². The van der Waals surface area contributed by atoms with E-state index in [9.17, 15) is 0 Å². The summed E-state index contributed by atoms with van der Waals surface area (Å²) in [4.78, 5) is 3.12. The van der Waals surface area contributed by atoms with Crippen molar-refractivity contribution in [2.24, 2.45) is 17.8 Å². The van der Waals surface area contributed by atoms with Crippen molar-refractivity contribution >= 4 is 11.3 Å². The van der Waals surface area contributed by atoms with Crippen molar-refractivity contribution < 1.29 is 0 Å². The van der Waals surface area contributed by atoms with E-state index >= 15 is 0 Å². The van der Waals surface area contributed by atoms with E-state index in [-0.39, 0.29) is 0 Å². The molecule has 0 saturated heterocycles. The van der Waals surface area contributed by atoms with Crippen LogP contribution in [-0.4, -0.2) is 12.6 Å². The Balaban J connectivity index is 1.57. The van der Waals surface area contributed by atoms with Gasteiger partial charge in [0.2, 0.25) is 0 Å². The smallest absolute Gasteiger partial charge is 0.0118 e. The highest BCUT2D eigenvalue weighted by Crippen LogP contribution is 2.50. The minimum Gasteiger partial charge on any atom is -0.314 e. The normalized spacial score (nSPS) is 30.0. The van der Waals surface area contributed by atoms with E-state index in [1.165, 1.54) is 43.4 Å². The van der Waals surface area contributed by atoms with Gasteiger partial charge in [-0.1, -0.05) is 20.3 Å². The van der Waals surface area contributed by atoms with Crippen molar-refractivity contribution in [3.63, 3.8) is 0 Å². The van der Waals surface area contributed by atoms with Crippen molar-refractivity contribution in [1.82, 2.24) is 5.32 Å². The van der Waals surface area contributed by atoms with Crippen molar-refractivity contribution in [2.45, 2.75) is 64.8 Å². The van der Waals surface area contributed by atoms with Gasteiger partial charge in [-0.25, -0.2) is 0 Å². The second-order valence-corrected chi connectivity index (χ2v) is 8.10. The van der Waals surface area contributed by atoms with E-state index in [1.807, 2.05) is 11.3 Å². The summed E-state index contributed by atoms with van der Waals surface area (Å²) >= 11 is 2.02. The lowest BCUT2D eigenvalue weighted by molar-refractivity contribution is 0.278. The molecule has 2 saturated carbocycles. The van der Waals surface area contributed by atoms with Crippen LogP contribution in [0.2, 0.25) is 0 Å². The van der Waals surface area contributed by atoms with Crippen LogP contribution < -0.4 is 5.32 Å². The monoisotopic (exact) mass is 291 g/mol. The number of thiophene rings is 1. The predicted octanol–water partition coefficient (Wildman–Crippen LogP) is 4.66.